The van der Waals surface area contributed by atoms with Crippen molar-refractivity contribution < 1.29 is 24.5 Å². The van der Waals surface area contributed by atoms with E-state index in [4.69, 9.17) is 4.74 Å². The number of benzene rings is 3. The van der Waals surface area contributed by atoms with Crippen molar-refractivity contribution >= 4 is 33.1 Å². The Morgan fingerprint density at radius 1 is 0.975 bits per heavy atom. The minimum atomic E-state index is -0.127. The van der Waals surface area contributed by atoms with E-state index < -0.39 is 0 Å². The van der Waals surface area contributed by atoms with Crippen LogP contribution in [0.5, 0.6) is 17.2 Å². The monoisotopic (exact) mass is 560 g/mol. The van der Waals surface area contributed by atoms with E-state index in [2.05, 4.69) is 10.2 Å². The summed E-state index contributed by atoms with van der Waals surface area (Å²) in [5, 5.41) is 23.2. The maximum atomic E-state index is 13.7. The third kappa shape index (κ3) is 6.46. The van der Waals surface area contributed by atoms with Gasteiger partial charge < -0.3 is 20.3 Å². The average molecular weight is 561 g/mol. The Bertz CT molecular complexity index is 1450. The number of likely N-dealkylation sites (N-methyl/N-ethyl adjacent to an activating group) is 1. The van der Waals surface area contributed by atoms with Crippen LogP contribution in [-0.4, -0.2) is 59.6 Å². The summed E-state index contributed by atoms with van der Waals surface area (Å²) >= 11 is 1.43. The molecule has 0 radical (unpaired) electrons. The number of piperidine rings is 1. The summed E-state index contributed by atoms with van der Waals surface area (Å²) in [6, 6.07) is 18.8. The van der Waals surface area contributed by atoms with Crippen LogP contribution in [0.2, 0.25) is 0 Å². The van der Waals surface area contributed by atoms with Crippen molar-refractivity contribution in [1.29, 1.82) is 0 Å². The second kappa shape index (κ2) is 13.5. The maximum absolute atomic E-state index is 13.7. The number of aromatic hydroxyl groups is 2. The van der Waals surface area contributed by atoms with Crippen molar-refractivity contribution in [3.05, 3.63) is 77.9 Å². The van der Waals surface area contributed by atoms with Crippen LogP contribution in [0.25, 0.3) is 20.5 Å². The van der Waals surface area contributed by atoms with Gasteiger partial charge in [0, 0.05) is 39.7 Å². The molecule has 1 aliphatic heterocycles. The minimum Gasteiger partial charge on any atom is -0.508 e. The zero-order chi connectivity index (χ0) is 28.6. The molecule has 3 N–H and O–H groups in total. The van der Waals surface area contributed by atoms with Crippen LogP contribution in [-0.2, 0) is 4.79 Å². The topological polar surface area (TPSA) is 99.1 Å². The lowest BCUT2D eigenvalue weighted by Crippen LogP contribution is -2.49. The van der Waals surface area contributed by atoms with Gasteiger partial charge in [0.15, 0.2) is 5.78 Å². The van der Waals surface area contributed by atoms with Crippen molar-refractivity contribution in [2.75, 3.05) is 26.7 Å². The van der Waals surface area contributed by atoms with Crippen molar-refractivity contribution in [2.24, 2.45) is 0 Å². The highest BCUT2D eigenvalue weighted by molar-refractivity contribution is 7.22. The van der Waals surface area contributed by atoms with Crippen LogP contribution in [0.3, 0.4) is 0 Å². The second-order valence-corrected chi connectivity index (χ2v) is 10.4. The largest absolute Gasteiger partial charge is 0.508 e. The lowest BCUT2D eigenvalue weighted by Gasteiger charge is -2.34. The number of phenolic OH excluding ortho intramolecular Hbond substituents is 2. The second-order valence-electron chi connectivity index (χ2n) is 9.40. The van der Waals surface area contributed by atoms with Gasteiger partial charge in [0.05, 0.1) is 6.04 Å². The van der Waals surface area contributed by atoms with Gasteiger partial charge in [-0.05, 0) is 91.7 Å². The number of rotatable bonds is 8. The molecule has 2 heterocycles. The van der Waals surface area contributed by atoms with Crippen LogP contribution in [0.4, 0.5) is 0 Å². The minimum absolute atomic E-state index is 0.0513. The summed E-state index contributed by atoms with van der Waals surface area (Å²) in [5.41, 5.74) is 1.91. The smallest absolute Gasteiger partial charge is 0.237 e. The number of amides is 1. The average Bonchev–Trinajstić information content (AvgIpc) is 3.37. The molecule has 0 bridgehead atoms. The first kappa shape index (κ1) is 29.1. The van der Waals surface area contributed by atoms with Crippen molar-refractivity contribution in [3.8, 4) is 27.7 Å². The van der Waals surface area contributed by atoms with E-state index in [0.717, 1.165) is 46.3 Å². The van der Waals surface area contributed by atoms with Gasteiger partial charge in [-0.3, -0.25) is 14.5 Å². The highest BCUT2D eigenvalue weighted by Gasteiger charge is 2.27. The first-order valence-electron chi connectivity index (χ1n) is 13.7. The number of carbonyl (C=O) groups is 2. The first-order valence-corrected chi connectivity index (χ1v) is 14.5. The molecule has 1 aromatic heterocycles. The quantitative estimate of drug-likeness (QED) is 0.222. The molecular formula is C32H36N2O5S. The molecule has 0 saturated carbocycles. The molecule has 1 fully saturated rings. The van der Waals surface area contributed by atoms with Gasteiger partial charge in [-0.15, -0.1) is 11.3 Å². The normalized spacial score (nSPS) is 15.2. The lowest BCUT2D eigenvalue weighted by molar-refractivity contribution is -0.127. The number of fused-ring (bicyclic) bond motifs is 1. The van der Waals surface area contributed by atoms with Crippen LogP contribution in [0.15, 0.2) is 66.7 Å². The van der Waals surface area contributed by atoms with E-state index >= 15 is 0 Å². The Labute approximate surface area is 239 Å². The third-order valence-corrected chi connectivity index (χ3v) is 8.16. The summed E-state index contributed by atoms with van der Waals surface area (Å²) in [4.78, 5) is 28.9. The fourth-order valence-electron chi connectivity index (χ4n) is 4.98. The van der Waals surface area contributed by atoms with Crippen LogP contribution in [0, 0.1) is 0 Å². The molecule has 4 aromatic rings. The summed E-state index contributed by atoms with van der Waals surface area (Å²) in [5.74, 6) is 0.880. The van der Waals surface area contributed by atoms with E-state index in [1.54, 1.807) is 73.8 Å². The van der Waals surface area contributed by atoms with Crippen LogP contribution < -0.4 is 10.1 Å². The number of nitrogens with zero attached hydrogens (tertiary/aromatic N) is 1. The number of carbonyl (C=O) groups excluding carboxylic acids is 2. The molecule has 3 aromatic carbocycles. The predicted molar refractivity (Wildman–Crippen MR) is 161 cm³/mol. The van der Waals surface area contributed by atoms with Gasteiger partial charge in [0.1, 0.15) is 23.9 Å². The number of likely N-dealkylation sites (tertiary alicyclic amines) is 1. The molecule has 1 amide bonds. The number of thiophene rings is 1. The van der Waals surface area contributed by atoms with E-state index in [0.29, 0.717) is 30.0 Å². The lowest BCUT2D eigenvalue weighted by atomic mass is 9.97. The van der Waals surface area contributed by atoms with E-state index in [1.165, 1.54) is 11.3 Å². The molecule has 1 atom stereocenters. The molecule has 7 nitrogen and oxygen atoms in total. The highest BCUT2D eigenvalue weighted by Crippen LogP contribution is 2.41. The molecule has 5 rings (SSSR count). The Balaban J connectivity index is 0.00000181. The number of hydrogen-bond acceptors (Lipinski definition) is 7. The molecule has 40 heavy (non-hydrogen) atoms. The van der Waals surface area contributed by atoms with E-state index in [-0.39, 0.29) is 29.2 Å². The molecule has 1 aliphatic rings. The Morgan fingerprint density at radius 2 is 1.68 bits per heavy atom. The summed E-state index contributed by atoms with van der Waals surface area (Å²) < 4.78 is 6.76. The molecule has 1 unspecified atom stereocenters. The molecule has 210 valence electrons. The van der Waals surface area contributed by atoms with Gasteiger partial charge >= 0.3 is 0 Å². The predicted octanol–water partition coefficient (Wildman–Crippen LogP) is 6.22. The van der Waals surface area contributed by atoms with Gasteiger partial charge in [-0.25, -0.2) is 0 Å². The van der Waals surface area contributed by atoms with E-state index in [9.17, 15) is 19.8 Å². The highest BCUT2D eigenvalue weighted by atomic mass is 32.1. The fourth-order valence-corrected chi connectivity index (χ4v) is 6.21. The van der Waals surface area contributed by atoms with Gasteiger partial charge in [0.25, 0.3) is 0 Å². The molecule has 0 spiro atoms. The number of hydrogen-bond donors (Lipinski definition) is 3. The first-order chi connectivity index (χ1) is 19.4. The van der Waals surface area contributed by atoms with Gasteiger partial charge in [-0.2, -0.15) is 0 Å². The maximum Gasteiger partial charge on any atom is 0.237 e. The SMILES string of the molecule is CC.CNC(=O)C1CCCCN1CCOc1ccc(C(=O)c2c(-c3ccc(O)cc3)sc3cc(O)ccc23)cc1. The molecule has 0 aliphatic carbocycles. The van der Waals surface area contributed by atoms with E-state index in [1.807, 2.05) is 13.8 Å². The summed E-state index contributed by atoms with van der Waals surface area (Å²) in [6.07, 6.45) is 2.99. The zero-order valence-electron chi connectivity index (χ0n) is 23.1. The number of phenols is 2. The summed E-state index contributed by atoms with van der Waals surface area (Å²) in [7, 11) is 1.67. The molecule has 1 saturated heterocycles. The summed E-state index contributed by atoms with van der Waals surface area (Å²) in [6.45, 7) is 5.98. The van der Waals surface area contributed by atoms with Crippen molar-refractivity contribution in [3.63, 3.8) is 0 Å². The zero-order valence-corrected chi connectivity index (χ0v) is 24.0. The Kier molecular flexibility index (Phi) is 9.79. The van der Waals surface area contributed by atoms with Crippen molar-refractivity contribution in [2.45, 2.75) is 39.2 Å². The van der Waals surface area contributed by atoms with Crippen LogP contribution in [0.1, 0.15) is 49.0 Å². The molecule has 8 heteroatoms. The standard InChI is InChI=1S/C30H30N2O5S.C2H6/c1-31-30(36)25-4-2-3-15-32(25)16-17-37-23-12-7-19(8-13-23)28(35)27-24-14-11-22(34)18-26(24)38-29(27)20-5-9-21(33)10-6-20;1-2/h5-14,18,25,33-34H,2-4,15-17H2,1H3,(H,31,36);1-2H3. The Hall–Kier alpha value is -3.88. The van der Waals surface area contributed by atoms with Gasteiger partial charge in [0.2, 0.25) is 5.91 Å². The van der Waals surface area contributed by atoms with Crippen molar-refractivity contribution in [1.82, 2.24) is 10.2 Å². The fraction of sp³-hybridized carbons (Fsp3) is 0.312. The number of ether oxygens (including phenoxy) is 1. The Morgan fingerprint density at radius 3 is 2.38 bits per heavy atom. The number of ketones is 1. The third-order valence-electron chi connectivity index (χ3n) is 6.96. The number of nitrogens with one attached hydrogen (secondary N) is 1. The molecular weight excluding hydrogens is 524 g/mol. The van der Waals surface area contributed by atoms with Crippen LogP contribution >= 0.6 is 11.3 Å². The van der Waals surface area contributed by atoms with Gasteiger partial charge in [-0.1, -0.05) is 20.3 Å².